The van der Waals surface area contributed by atoms with Crippen LogP contribution in [-0.2, 0) is 17.5 Å². The molecule has 7 nitrogen and oxygen atoms in total. The number of nitrogens with zero attached hydrogens (tertiary/aromatic N) is 4. The third-order valence-corrected chi connectivity index (χ3v) is 5.24. The first kappa shape index (κ1) is 22.3. The molecular formula is C23H20F3N5O2. The van der Waals surface area contributed by atoms with Crippen LogP contribution >= 0.6 is 0 Å². The molecule has 33 heavy (non-hydrogen) atoms. The van der Waals surface area contributed by atoms with Gasteiger partial charge in [-0.2, -0.15) is 23.4 Å². The standard InChI is InChI=1S/C23H20F3N5O2/c1-13-4-9-19(14(2)10-13)31-21-18(11-27-31)15(3)29-30(22(21)33)12-20(32)28-17-7-5-16(6-8-17)23(24,25)26/h4-11H,12H2,1-3H3,(H,28,32). The number of anilines is 1. The summed E-state index contributed by atoms with van der Waals surface area (Å²) >= 11 is 0. The van der Waals surface area contributed by atoms with E-state index in [1.165, 1.54) is 4.68 Å². The Bertz CT molecular complexity index is 1420. The molecule has 4 rings (SSSR count). The summed E-state index contributed by atoms with van der Waals surface area (Å²) < 4.78 is 40.7. The van der Waals surface area contributed by atoms with Crippen LogP contribution in [0.2, 0.25) is 0 Å². The van der Waals surface area contributed by atoms with E-state index < -0.39 is 29.8 Å². The Balaban J connectivity index is 1.65. The smallest absolute Gasteiger partial charge is 0.324 e. The first-order chi connectivity index (χ1) is 15.5. The van der Waals surface area contributed by atoms with Gasteiger partial charge in [-0.05, 0) is 56.7 Å². The second-order valence-corrected chi connectivity index (χ2v) is 7.78. The average Bonchev–Trinajstić information content (AvgIpc) is 3.17. The summed E-state index contributed by atoms with van der Waals surface area (Å²) in [6, 6.07) is 9.82. The molecule has 1 N–H and O–H groups in total. The van der Waals surface area contributed by atoms with Crippen LogP contribution in [0.4, 0.5) is 18.9 Å². The number of rotatable bonds is 4. The number of amides is 1. The molecule has 10 heteroatoms. The molecule has 0 saturated heterocycles. The van der Waals surface area contributed by atoms with Gasteiger partial charge in [-0.1, -0.05) is 17.7 Å². The Hall–Kier alpha value is -3.95. The van der Waals surface area contributed by atoms with E-state index >= 15 is 0 Å². The van der Waals surface area contributed by atoms with Crippen molar-refractivity contribution >= 4 is 22.5 Å². The van der Waals surface area contributed by atoms with Crippen molar-refractivity contribution in [2.24, 2.45) is 0 Å². The number of carbonyl (C=O) groups is 1. The summed E-state index contributed by atoms with van der Waals surface area (Å²) in [6.45, 7) is 5.18. The fourth-order valence-corrected chi connectivity index (χ4v) is 3.63. The van der Waals surface area contributed by atoms with Gasteiger partial charge in [-0.3, -0.25) is 9.59 Å². The predicted molar refractivity (Wildman–Crippen MR) is 117 cm³/mol. The van der Waals surface area contributed by atoms with Gasteiger partial charge in [0.2, 0.25) is 5.91 Å². The second kappa shape index (κ2) is 8.19. The summed E-state index contributed by atoms with van der Waals surface area (Å²) in [5, 5.41) is 11.6. The summed E-state index contributed by atoms with van der Waals surface area (Å²) in [6.07, 6.45) is -2.91. The monoisotopic (exact) mass is 455 g/mol. The number of alkyl halides is 3. The number of aryl methyl sites for hydroxylation is 3. The lowest BCUT2D eigenvalue weighted by molar-refractivity contribution is -0.137. The molecule has 170 valence electrons. The van der Waals surface area contributed by atoms with Crippen molar-refractivity contribution in [3.05, 3.63) is 81.4 Å². The third-order valence-electron chi connectivity index (χ3n) is 5.24. The molecule has 0 aliphatic carbocycles. The number of hydrogen-bond acceptors (Lipinski definition) is 4. The molecule has 0 aliphatic heterocycles. The minimum absolute atomic E-state index is 0.180. The Labute approximate surface area is 186 Å². The highest BCUT2D eigenvalue weighted by molar-refractivity contribution is 5.90. The van der Waals surface area contributed by atoms with E-state index in [0.717, 1.165) is 45.8 Å². The third kappa shape index (κ3) is 4.36. The van der Waals surface area contributed by atoms with E-state index in [2.05, 4.69) is 15.5 Å². The van der Waals surface area contributed by atoms with Crippen LogP contribution in [0.25, 0.3) is 16.6 Å². The van der Waals surface area contributed by atoms with Crippen LogP contribution in [0, 0.1) is 20.8 Å². The van der Waals surface area contributed by atoms with E-state index in [0.29, 0.717) is 11.1 Å². The van der Waals surface area contributed by atoms with Crippen molar-refractivity contribution in [3.63, 3.8) is 0 Å². The summed E-state index contributed by atoms with van der Waals surface area (Å²) in [7, 11) is 0. The molecule has 0 saturated carbocycles. The van der Waals surface area contributed by atoms with E-state index in [4.69, 9.17) is 0 Å². The number of halogens is 3. The zero-order valence-corrected chi connectivity index (χ0v) is 18.1. The highest BCUT2D eigenvalue weighted by Crippen LogP contribution is 2.29. The van der Waals surface area contributed by atoms with E-state index in [9.17, 15) is 22.8 Å². The van der Waals surface area contributed by atoms with Crippen molar-refractivity contribution < 1.29 is 18.0 Å². The lowest BCUT2D eigenvalue weighted by Gasteiger charge is -2.11. The number of benzene rings is 2. The Morgan fingerprint density at radius 1 is 1.06 bits per heavy atom. The first-order valence-electron chi connectivity index (χ1n) is 10.0. The van der Waals surface area contributed by atoms with Crippen LogP contribution in [-0.4, -0.2) is 25.5 Å². The Morgan fingerprint density at radius 2 is 1.76 bits per heavy atom. The van der Waals surface area contributed by atoms with Gasteiger partial charge in [-0.25, -0.2) is 9.36 Å². The zero-order valence-electron chi connectivity index (χ0n) is 18.1. The predicted octanol–water partition coefficient (Wildman–Crippen LogP) is 4.16. The topological polar surface area (TPSA) is 81.8 Å². The summed E-state index contributed by atoms with van der Waals surface area (Å²) in [4.78, 5) is 25.7. The fourth-order valence-electron chi connectivity index (χ4n) is 3.63. The molecule has 0 atom stereocenters. The maximum Gasteiger partial charge on any atom is 0.416 e. The van der Waals surface area contributed by atoms with Crippen molar-refractivity contribution in [3.8, 4) is 5.69 Å². The number of carbonyl (C=O) groups excluding carboxylic acids is 1. The van der Waals surface area contributed by atoms with Crippen LogP contribution in [0.3, 0.4) is 0 Å². The lowest BCUT2D eigenvalue weighted by atomic mass is 10.1. The molecule has 2 aromatic heterocycles. The largest absolute Gasteiger partial charge is 0.416 e. The maximum atomic E-state index is 13.2. The van der Waals surface area contributed by atoms with Gasteiger partial charge in [-0.15, -0.1) is 0 Å². The van der Waals surface area contributed by atoms with Gasteiger partial charge in [0.25, 0.3) is 5.56 Å². The highest BCUT2D eigenvalue weighted by Gasteiger charge is 2.30. The molecule has 1 amide bonds. The number of hydrogen-bond donors (Lipinski definition) is 1. The summed E-state index contributed by atoms with van der Waals surface area (Å²) in [5.74, 6) is -0.597. The number of aromatic nitrogens is 4. The molecule has 2 heterocycles. The van der Waals surface area contributed by atoms with Gasteiger partial charge < -0.3 is 5.32 Å². The Kier molecular flexibility index (Phi) is 5.52. The van der Waals surface area contributed by atoms with Crippen molar-refractivity contribution in [2.75, 3.05) is 5.32 Å². The molecule has 0 unspecified atom stereocenters. The van der Waals surface area contributed by atoms with Crippen LogP contribution in [0.5, 0.6) is 0 Å². The number of nitrogens with one attached hydrogen (secondary N) is 1. The van der Waals surface area contributed by atoms with E-state index in [1.54, 1.807) is 13.1 Å². The first-order valence-corrected chi connectivity index (χ1v) is 10.0. The maximum absolute atomic E-state index is 13.2. The van der Waals surface area contributed by atoms with Crippen LogP contribution < -0.4 is 10.9 Å². The molecule has 0 fully saturated rings. The van der Waals surface area contributed by atoms with E-state index in [1.807, 2.05) is 32.0 Å². The zero-order chi connectivity index (χ0) is 23.9. The lowest BCUT2D eigenvalue weighted by Crippen LogP contribution is -2.31. The molecular weight excluding hydrogens is 435 g/mol. The molecule has 4 aromatic rings. The van der Waals surface area contributed by atoms with Crippen LogP contribution in [0.15, 0.2) is 53.5 Å². The van der Waals surface area contributed by atoms with E-state index in [-0.39, 0.29) is 11.2 Å². The summed E-state index contributed by atoms with van der Waals surface area (Å²) in [5.41, 5.74) is 2.40. The average molecular weight is 455 g/mol. The molecule has 0 spiro atoms. The molecule has 0 bridgehead atoms. The Morgan fingerprint density at radius 3 is 2.39 bits per heavy atom. The minimum atomic E-state index is -4.47. The highest BCUT2D eigenvalue weighted by atomic mass is 19.4. The van der Waals surface area contributed by atoms with Gasteiger partial charge in [0.1, 0.15) is 12.1 Å². The normalized spacial score (nSPS) is 11.7. The van der Waals surface area contributed by atoms with Gasteiger partial charge in [0.05, 0.1) is 23.1 Å². The van der Waals surface area contributed by atoms with Crippen molar-refractivity contribution in [1.82, 2.24) is 19.6 Å². The van der Waals surface area contributed by atoms with Gasteiger partial charge >= 0.3 is 6.18 Å². The van der Waals surface area contributed by atoms with Gasteiger partial charge in [0.15, 0.2) is 0 Å². The molecule has 2 aromatic carbocycles. The number of fused-ring (bicyclic) bond motifs is 1. The quantitative estimate of drug-likeness (QED) is 0.501. The van der Waals surface area contributed by atoms with Gasteiger partial charge in [0, 0.05) is 11.1 Å². The SMILES string of the molecule is Cc1ccc(-n2ncc3c(C)nn(CC(=O)Nc4ccc(C(F)(F)F)cc4)c(=O)c32)c(C)c1. The second-order valence-electron chi connectivity index (χ2n) is 7.78. The minimum Gasteiger partial charge on any atom is -0.324 e. The van der Waals surface area contributed by atoms with Crippen molar-refractivity contribution in [1.29, 1.82) is 0 Å². The molecule has 0 radical (unpaired) electrons. The van der Waals surface area contributed by atoms with Crippen molar-refractivity contribution in [2.45, 2.75) is 33.5 Å². The van der Waals surface area contributed by atoms with Crippen LogP contribution in [0.1, 0.15) is 22.4 Å². The fraction of sp³-hybridized carbons (Fsp3) is 0.217. The molecule has 0 aliphatic rings.